The van der Waals surface area contributed by atoms with E-state index < -0.39 is 0 Å². The zero-order valence-corrected chi connectivity index (χ0v) is 10.9. The Balaban J connectivity index is 2.13. The van der Waals surface area contributed by atoms with Gasteiger partial charge in [0.2, 0.25) is 0 Å². The van der Waals surface area contributed by atoms with Crippen LogP contribution < -0.4 is 10.1 Å². The van der Waals surface area contributed by atoms with Crippen LogP contribution in [0.25, 0.3) is 0 Å². The lowest BCUT2D eigenvalue weighted by molar-refractivity contribution is 0.102. The largest absolute Gasteiger partial charge is 0.506 e. The van der Waals surface area contributed by atoms with Gasteiger partial charge in [0, 0.05) is 11.3 Å². The van der Waals surface area contributed by atoms with Crippen LogP contribution in [0.1, 0.15) is 10.4 Å². The van der Waals surface area contributed by atoms with Crippen molar-refractivity contribution in [3.8, 4) is 11.5 Å². The maximum atomic E-state index is 12.0. The number of phenolic OH excluding ortho intramolecular Hbond substituents is 1. The van der Waals surface area contributed by atoms with Crippen LogP contribution in [0.4, 0.5) is 5.69 Å². The number of carbonyl (C=O) groups is 1. The number of rotatable bonds is 3. The van der Waals surface area contributed by atoms with Gasteiger partial charge >= 0.3 is 0 Å². The monoisotopic (exact) mass is 277 g/mol. The van der Waals surface area contributed by atoms with Gasteiger partial charge in [-0.15, -0.1) is 0 Å². The SMILES string of the molecule is COc1ccc(C(=O)Nc2ccc(O)c(Cl)c2)cc1. The molecule has 0 saturated heterocycles. The number of anilines is 1. The summed E-state index contributed by atoms with van der Waals surface area (Å²) in [5.41, 5.74) is 1.02. The van der Waals surface area contributed by atoms with Crippen LogP contribution >= 0.6 is 11.6 Å². The van der Waals surface area contributed by atoms with Crippen LogP contribution in [-0.4, -0.2) is 18.1 Å². The molecule has 19 heavy (non-hydrogen) atoms. The van der Waals surface area contributed by atoms with Crippen LogP contribution in [0.3, 0.4) is 0 Å². The van der Waals surface area contributed by atoms with E-state index in [0.717, 1.165) is 0 Å². The fraction of sp³-hybridized carbons (Fsp3) is 0.0714. The first-order valence-corrected chi connectivity index (χ1v) is 5.92. The maximum absolute atomic E-state index is 12.0. The minimum atomic E-state index is -0.260. The van der Waals surface area contributed by atoms with Crippen molar-refractivity contribution < 1.29 is 14.6 Å². The Morgan fingerprint density at radius 2 is 1.89 bits per heavy atom. The lowest BCUT2D eigenvalue weighted by Crippen LogP contribution is -2.11. The van der Waals surface area contributed by atoms with Crippen LogP contribution in [0.5, 0.6) is 11.5 Å². The first-order valence-electron chi connectivity index (χ1n) is 5.54. The van der Waals surface area contributed by atoms with E-state index in [-0.39, 0.29) is 16.7 Å². The van der Waals surface area contributed by atoms with Crippen molar-refractivity contribution >= 4 is 23.2 Å². The Kier molecular flexibility index (Phi) is 3.92. The molecule has 0 saturated carbocycles. The van der Waals surface area contributed by atoms with Gasteiger partial charge in [-0.3, -0.25) is 4.79 Å². The number of nitrogens with one attached hydrogen (secondary N) is 1. The number of halogens is 1. The van der Waals surface area contributed by atoms with Crippen molar-refractivity contribution in [3.05, 3.63) is 53.1 Å². The second kappa shape index (κ2) is 5.63. The number of hydrogen-bond acceptors (Lipinski definition) is 3. The highest BCUT2D eigenvalue weighted by atomic mass is 35.5. The molecule has 0 spiro atoms. The van der Waals surface area contributed by atoms with Gasteiger partial charge in [0.15, 0.2) is 0 Å². The highest BCUT2D eigenvalue weighted by molar-refractivity contribution is 6.32. The second-order valence-corrected chi connectivity index (χ2v) is 4.26. The third kappa shape index (κ3) is 3.17. The molecule has 0 atom stereocenters. The predicted octanol–water partition coefficient (Wildman–Crippen LogP) is 3.31. The van der Waals surface area contributed by atoms with Crippen molar-refractivity contribution in [3.63, 3.8) is 0 Å². The summed E-state index contributed by atoms with van der Waals surface area (Å²) in [6.45, 7) is 0. The first-order chi connectivity index (χ1) is 9.10. The van der Waals surface area contributed by atoms with Crippen molar-refractivity contribution in [2.45, 2.75) is 0 Å². The summed E-state index contributed by atoms with van der Waals surface area (Å²) in [4.78, 5) is 12.0. The molecule has 0 fully saturated rings. The predicted molar refractivity (Wildman–Crippen MR) is 74.1 cm³/mol. The molecule has 2 N–H and O–H groups in total. The molecule has 5 heteroatoms. The molecule has 0 radical (unpaired) electrons. The highest BCUT2D eigenvalue weighted by Gasteiger charge is 2.07. The smallest absolute Gasteiger partial charge is 0.255 e. The Labute approximate surface area is 115 Å². The molecule has 2 aromatic rings. The molecule has 98 valence electrons. The molecule has 4 nitrogen and oxygen atoms in total. The van der Waals surface area contributed by atoms with Gasteiger partial charge in [-0.1, -0.05) is 11.6 Å². The van der Waals surface area contributed by atoms with Crippen molar-refractivity contribution in [2.75, 3.05) is 12.4 Å². The molecule has 2 aromatic carbocycles. The van der Waals surface area contributed by atoms with Gasteiger partial charge in [0.05, 0.1) is 12.1 Å². The summed E-state index contributed by atoms with van der Waals surface area (Å²) >= 11 is 5.77. The fourth-order valence-electron chi connectivity index (χ4n) is 1.53. The first kappa shape index (κ1) is 13.2. The summed E-state index contributed by atoms with van der Waals surface area (Å²) in [6, 6.07) is 11.2. The van der Waals surface area contributed by atoms with E-state index in [9.17, 15) is 9.90 Å². The second-order valence-electron chi connectivity index (χ2n) is 3.85. The van der Waals surface area contributed by atoms with Gasteiger partial charge in [-0.25, -0.2) is 0 Å². The van der Waals surface area contributed by atoms with E-state index in [2.05, 4.69) is 5.32 Å². The van der Waals surface area contributed by atoms with Crippen LogP contribution in [0.2, 0.25) is 5.02 Å². The number of ether oxygens (including phenoxy) is 1. The van der Waals surface area contributed by atoms with E-state index in [1.807, 2.05) is 0 Å². The Hall–Kier alpha value is -2.20. The topological polar surface area (TPSA) is 58.6 Å². The van der Waals surface area contributed by atoms with Crippen molar-refractivity contribution in [1.82, 2.24) is 0 Å². The molecule has 0 aliphatic carbocycles. The van der Waals surface area contributed by atoms with Gasteiger partial charge < -0.3 is 15.2 Å². The highest BCUT2D eigenvalue weighted by Crippen LogP contribution is 2.26. The lowest BCUT2D eigenvalue weighted by atomic mass is 10.2. The minimum Gasteiger partial charge on any atom is -0.506 e. The summed E-state index contributed by atoms with van der Waals surface area (Å²) < 4.78 is 5.02. The Bertz CT molecular complexity index is 596. The van der Waals surface area contributed by atoms with E-state index in [4.69, 9.17) is 16.3 Å². The number of carbonyl (C=O) groups excluding carboxylic acids is 1. The van der Waals surface area contributed by atoms with E-state index >= 15 is 0 Å². The third-order valence-electron chi connectivity index (χ3n) is 2.56. The van der Waals surface area contributed by atoms with Crippen molar-refractivity contribution in [2.24, 2.45) is 0 Å². The third-order valence-corrected chi connectivity index (χ3v) is 2.86. The standard InChI is InChI=1S/C14H12ClNO3/c1-19-11-5-2-9(3-6-11)14(18)16-10-4-7-13(17)12(15)8-10/h2-8,17H,1H3,(H,16,18). The summed E-state index contributed by atoms with van der Waals surface area (Å²) in [5.74, 6) is 0.401. The average Bonchev–Trinajstić information content (AvgIpc) is 2.43. The van der Waals surface area contributed by atoms with E-state index in [0.29, 0.717) is 17.0 Å². The molecule has 0 aromatic heterocycles. The quantitative estimate of drug-likeness (QED) is 0.846. The Morgan fingerprint density at radius 3 is 2.47 bits per heavy atom. The summed E-state index contributed by atoms with van der Waals surface area (Å²) in [6.07, 6.45) is 0. The molecule has 0 aliphatic heterocycles. The number of phenols is 1. The molecule has 0 unspecified atom stereocenters. The normalized spacial score (nSPS) is 10.0. The maximum Gasteiger partial charge on any atom is 0.255 e. The Morgan fingerprint density at radius 1 is 1.21 bits per heavy atom. The van der Waals surface area contributed by atoms with Gasteiger partial charge in [-0.05, 0) is 42.5 Å². The molecule has 0 aliphatic rings. The zero-order chi connectivity index (χ0) is 13.8. The van der Waals surface area contributed by atoms with E-state index in [1.54, 1.807) is 37.4 Å². The number of methoxy groups -OCH3 is 1. The molecule has 0 heterocycles. The number of amides is 1. The fourth-order valence-corrected chi connectivity index (χ4v) is 1.71. The average molecular weight is 278 g/mol. The molecule has 2 rings (SSSR count). The molecular formula is C14H12ClNO3. The molecule has 1 amide bonds. The van der Waals surface area contributed by atoms with Gasteiger partial charge in [-0.2, -0.15) is 0 Å². The van der Waals surface area contributed by atoms with E-state index in [1.165, 1.54) is 12.1 Å². The number of hydrogen-bond donors (Lipinski definition) is 2. The minimum absolute atomic E-state index is 0.0240. The summed E-state index contributed by atoms with van der Waals surface area (Å²) in [5, 5.41) is 12.2. The number of aromatic hydroxyl groups is 1. The van der Waals surface area contributed by atoms with Gasteiger partial charge in [0.25, 0.3) is 5.91 Å². The van der Waals surface area contributed by atoms with Crippen LogP contribution in [-0.2, 0) is 0 Å². The van der Waals surface area contributed by atoms with Crippen LogP contribution in [0.15, 0.2) is 42.5 Å². The number of benzene rings is 2. The molecule has 0 bridgehead atoms. The molecular weight excluding hydrogens is 266 g/mol. The summed E-state index contributed by atoms with van der Waals surface area (Å²) in [7, 11) is 1.56. The van der Waals surface area contributed by atoms with Crippen LogP contribution in [0, 0.1) is 0 Å². The zero-order valence-electron chi connectivity index (χ0n) is 10.2. The van der Waals surface area contributed by atoms with Crippen molar-refractivity contribution in [1.29, 1.82) is 0 Å². The van der Waals surface area contributed by atoms with Gasteiger partial charge in [0.1, 0.15) is 11.5 Å². The lowest BCUT2D eigenvalue weighted by Gasteiger charge is -2.07.